The lowest BCUT2D eigenvalue weighted by Crippen LogP contribution is -2.42. The number of aromatic nitrogens is 4. The van der Waals surface area contributed by atoms with Crippen LogP contribution in [-0.2, 0) is 4.79 Å². The summed E-state index contributed by atoms with van der Waals surface area (Å²) in [6.07, 6.45) is 2.54. The summed E-state index contributed by atoms with van der Waals surface area (Å²) in [6.45, 7) is 7.69. The van der Waals surface area contributed by atoms with Gasteiger partial charge in [0.25, 0.3) is 0 Å². The minimum atomic E-state index is 0.276. The van der Waals surface area contributed by atoms with Gasteiger partial charge >= 0.3 is 0 Å². The monoisotopic (exact) mass is 316 g/mol. The summed E-state index contributed by atoms with van der Waals surface area (Å²) in [5, 5.41) is 16.0. The highest BCUT2D eigenvalue weighted by molar-refractivity contribution is 5.76. The first-order valence-electron chi connectivity index (χ1n) is 8.26. The smallest absolute Gasteiger partial charge is 0.222 e. The zero-order valence-electron chi connectivity index (χ0n) is 14.0. The molecule has 0 aromatic carbocycles. The van der Waals surface area contributed by atoms with Gasteiger partial charge in [0.15, 0.2) is 11.5 Å². The first-order valence-corrected chi connectivity index (χ1v) is 8.26. The van der Waals surface area contributed by atoms with Crippen LogP contribution in [0.5, 0.6) is 0 Å². The van der Waals surface area contributed by atoms with Crippen molar-refractivity contribution in [2.45, 2.75) is 46.1 Å². The molecule has 2 aromatic rings. The molecule has 23 heavy (non-hydrogen) atoms. The third-order valence-corrected chi connectivity index (χ3v) is 4.20. The highest BCUT2D eigenvalue weighted by Gasteiger charge is 2.23. The molecular weight excluding hydrogens is 292 g/mol. The number of carbonyl (C=O) groups is 1. The second-order valence-electron chi connectivity index (χ2n) is 6.63. The second-order valence-corrected chi connectivity index (χ2v) is 6.63. The summed E-state index contributed by atoms with van der Waals surface area (Å²) >= 11 is 0. The molecular formula is C16H24N6O. The van der Waals surface area contributed by atoms with Gasteiger partial charge in [-0.1, -0.05) is 13.8 Å². The molecule has 3 heterocycles. The summed E-state index contributed by atoms with van der Waals surface area (Å²) in [7, 11) is 0. The van der Waals surface area contributed by atoms with Crippen molar-refractivity contribution in [3.8, 4) is 0 Å². The maximum Gasteiger partial charge on any atom is 0.222 e. The Morgan fingerprint density at radius 2 is 2.04 bits per heavy atom. The molecule has 124 valence electrons. The molecule has 1 N–H and O–H groups in total. The SMILES string of the molecule is Cc1nnc2ccc(NC3CCN(C(=O)CC(C)C)CC3)nn12. The van der Waals surface area contributed by atoms with Gasteiger partial charge in [-0.05, 0) is 37.8 Å². The number of hydrogen-bond acceptors (Lipinski definition) is 5. The molecule has 1 aliphatic rings. The molecule has 0 spiro atoms. The van der Waals surface area contributed by atoms with Crippen molar-refractivity contribution in [3.05, 3.63) is 18.0 Å². The minimum absolute atomic E-state index is 0.276. The van der Waals surface area contributed by atoms with E-state index in [1.54, 1.807) is 4.52 Å². The topological polar surface area (TPSA) is 75.4 Å². The van der Waals surface area contributed by atoms with Gasteiger partial charge < -0.3 is 10.2 Å². The van der Waals surface area contributed by atoms with Crippen molar-refractivity contribution in [2.75, 3.05) is 18.4 Å². The van der Waals surface area contributed by atoms with Crippen molar-refractivity contribution in [2.24, 2.45) is 5.92 Å². The number of anilines is 1. The average Bonchev–Trinajstić information content (AvgIpc) is 2.88. The first kappa shape index (κ1) is 15.7. The predicted molar refractivity (Wildman–Crippen MR) is 88.2 cm³/mol. The highest BCUT2D eigenvalue weighted by atomic mass is 16.2. The quantitative estimate of drug-likeness (QED) is 0.932. The van der Waals surface area contributed by atoms with E-state index in [0.29, 0.717) is 18.4 Å². The molecule has 0 aliphatic carbocycles. The molecule has 0 saturated carbocycles. The Hall–Kier alpha value is -2.18. The Labute approximate surface area is 136 Å². The van der Waals surface area contributed by atoms with Gasteiger partial charge in [0.2, 0.25) is 5.91 Å². The van der Waals surface area contributed by atoms with Crippen LogP contribution in [0.2, 0.25) is 0 Å². The molecule has 0 radical (unpaired) electrons. The normalized spacial score (nSPS) is 16.3. The fraction of sp³-hybridized carbons (Fsp3) is 0.625. The summed E-state index contributed by atoms with van der Waals surface area (Å²) in [5.74, 6) is 2.30. The maximum atomic E-state index is 12.1. The average molecular weight is 316 g/mol. The third kappa shape index (κ3) is 3.60. The number of nitrogens with zero attached hydrogens (tertiary/aromatic N) is 5. The largest absolute Gasteiger partial charge is 0.366 e. The summed E-state index contributed by atoms with van der Waals surface area (Å²) in [4.78, 5) is 14.1. The fourth-order valence-electron chi connectivity index (χ4n) is 2.93. The number of nitrogens with one attached hydrogen (secondary N) is 1. The van der Waals surface area contributed by atoms with Crippen LogP contribution in [0.1, 0.15) is 38.9 Å². The molecule has 1 saturated heterocycles. The Morgan fingerprint density at radius 3 is 2.74 bits per heavy atom. The summed E-state index contributed by atoms with van der Waals surface area (Å²) in [5.41, 5.74) is 0.752. The van der Waals surface area contributed by atoms with Gasteiger partial charge in [0, 0.05) is 25.6 Å². The summed E-state index contributed by atoms with van der Waals surface area (Å²) < 4.78 is 1.74. The van der Waals surface area contributed by atoms with Gasteiger partial charge in [-0.3, -0.25) is 4.79 Å². The van der Waals surface area contributed by atoms with Gasteiger partial charge in [0.1, 0.15) is 5.82 Å². The number of aryl methyl sites for hydroxylation is 1. The van der Waals surface area contributed by atoms with Crippen LogP contribution < -0.4 is 5.32 Å². The number of carbonyl (C=O) groups excluding carboxylic acids is 1. The van der Waals surface area contributed by atoms with Gasteiger partial charge in [0.05, 0.1) is 0 Å². The Morgan fingerprint density at radius 1 is 1.30 bits per heavy atom. The molecule has 0 unspecified atom stereocenters. The van der Waals surface area contributed by atoms with Crippen LogP contribution in [0.4, 0.5) is 5.82 Å². The molecule has 3 rings (SSSR count). The molecule has 0 atom stereocenters. The molecule has 2 aromatic heterocycles. The predicted octanol–water partition coefficient (Wildman–Crippen LogP) is 1.88. The van der Waals surface area contributed by atoms with Crippen LogP contribution in [0, 0.1) is 12.8 Å². The number of rotatable bonds is 4. The van der Waals surface area contributed by atoms with Crippen molar-refractivity contribution >= 4 is 17.4 Å². The van der Waals surface area contributed by atoms with E-state index in [9.17, 15) is 4.79 Å². The zero-order chi connectivity index (χ0) is 16.4. The van der Waals surface area contributed by atoms with Crippen LogP contribution in [0.3, 0.4) is 0 Å². The third-order valence-electron chi connectivity index (χ3n) is 4.20. The number of likely N-dealkylation sites (tertiary alicyclic amines) is 1. The molecule has 1 amide bonds. The fourth-order valence-corrected chi connectivity index (χ4v) is 2.93. The lowest BCUT2D eigenvalue weighted by molar-refractivity contribution is -0.132. The molecule has 0 bridgehead atoms. The minimum Gasteiger partial charge on any atom is -0.366 e. The lowest BCUT2D eigenvalue weighted by atomic mass is 10.0. The van der Waals surface area contributed by atoms with E-state index in [1.165, 1.54) is 0 Å². The van der Waals surface area contributed by atoms with E-state index >= 15 is 0 Å². The highest BCUT2D eigenvalue weighted by Crippen LogP contribution is 2.17. The van der Waals surface area contributed by atoms with Gasteiger partial charge in [-0.15, -0.1) is 15.3 Å². The zero-order valence-corrected chi connectivity index (χ0v) is 14.0. The van der Waals surface area contributed by atoms with Crippen LogP contribution >= 0.6 is 0 Å². The van der Waals surface area contributed by atoms with Gasteiger partial charge in [-0.2, -0.15) is 4.52 Å². The van der Waals surface area contributed by atoms with E-state index < -0.39 is 0 Å². The van der Waals surface area contributed by atoms with Crippen molar-refractivity contribution in [1.82, 2.24) is 24.7 Å². The van der Waals surface area contributed by atoms with Gasteiger partial charge in [-0.25, -0.2) is 0 Å². The summed E-state index contributed by atoms with van der Waals surface area (Å²) in [6, 6.07) is 4.19. The second kappa shape index (κ2) is 6.52. The molecule has 7 nitrogen and oxygen atoms in total. The standard InChI is InChI=1S/C16H24N6O/c1-11(2)10-16(23)21-8-6-13(7-9-21)17-14-4-5-15-19-18-12(3)22(15)20-14/h4-5,11,13H,6-10H2,1-3H3,(H,17,20). The van der Waals surface area contributed by atoms with Crippen molar-refractivity contribution in [1.29, 1.82) is 0 Å². The van der Waals surface area contributed by atoms with E-state index in [-0.39, 0.29) is 5.91 Å². The molecule has 1 aliphatic heterocycles. The number of amides is 1. The molecule has 7 heteroatoms. The number of piperidine rings is 1. The van der Waals surface area contributed by atoms with E-state index in [1.807, 2.05) is 24.0 Å². The van der Waals surface area contributed by atoms with Crippen molar-refractivity contribution in [3.63, 3.8) is 0 Å². The van der Waals surface area contributed by atoms with E-state index in [0.717, 1.165) is 43.2 Å². The molecule has 1 fully saturated rings. The van der Waals surface area contributed by atoms with Crippen LogP contribution in [0.15, 0.2) is 12.1 Å². The van der Waals surface area contributed by atoms with Crippen LogP contribution in [0.25, 0.3) is 5.65 Å². The van der Waals surface area contributed by atoms with Crippen molar-refractivity contribution < 1.29 is 4.79 Å². The Balaban J connectivity index is 1.57. The van der Waals surface area contributed by atoms with Crippen LogP contribution in [-0.4, -0.2) is 49.7 Å². The van der Waals surface area contributed by atoms with E-state index in [2.05, 4.69) is 34.5 Å². The number of fused-ring (bicyclic) bond motifs is 1. The maximum absolute atomic E-state index is 12.1. The first-order chi connectivity index (χ1) is 11.0. The Kier molecular flexibility index (Phi) is 4.45. The lowest BCUT2D eigenvalue weighted by Gasteiger charge is -2.33. The number of hydrogen-bond donors (Lipinski definition) is 1. The van der Waals surface area contributed by atoms with E-state index in [4.69, 9.17) is 0 Å². The Bertz CT molecular complexity index is 687.